The molecule has 0 saturated carbocycles. The summed E-state index contributed by atoms with van der Waals surface area (Å²) in [5.41, 5.74) is 0.487. The summed E-state index contributed by atoms with van der Waals surface area (Å²) < 4.78 is 1.43. The Kier molecular flexibility index (Phi) is 6.03. The predicted molar refractivity (Wildman–Crippen MR) is 94.9 cm³/mol. The molecule has 2 rings (SSSR count). The largest absolute Gasteiger partial charge is 0.493 e. The van der Waals surface area contributed by atoms with E-state index in [1.165, 1.54) is 11.5 Å². The SMILES string of the molecule is CCN(CC)C(=O)CSc1nc(O)c(C)c(=O)n1-c1ccccc1. The van der Waals surface area contributed by atoms with Crippen molar-refractivity contribution in [2.24, 2.45) is 0 Å². The standard InChI is InChI=1S/C17H21N3O3S/c1-4-19(5-2)14(21)11-24-17-18-15(22)12(3)16(23)20(17)13-9-7-6-8-10-13/h6-10,22H,4-5,11H2,1-3H3. The van der Waals surface area contributed by atoms with Crippen molar-refractivity contribution in [3.05, 3.63) is 46.2 Å². The number of amides is 1. The summed E-state index contributed by atoms with van der Waals surface area (Å²) in [6.45, 7) is 6.63. The molecule has 0 atom stereocenters. The Hall–Kier alpha value is -2.28. The normalized spacial score (nSPS) is 10.6. The van der Waals surface area contributed by atoms with Gasteiger partial charge in [0.05, 0.1) is 17.0 Å². The van der Waals surface area contributed by atoms with E-state index >= 15 is 0 Å². The van der Waals surface area contributed by atoms with E-state index in [4.69, 9.17) is 0 Å². The highest BCUT2D eigenvalue weighted by atomic mass is 32.2. The molecule has 0 aliphatic rings. The minimum atomic E-state index is -0.341. The molecular formula is C17H21N3O3S. The average Bonchev–Trinajstić information content (AvgIpc) is 2.59. The molecule has 0 aliphatic carbocycles. The molecule has 24 heavy (non-hydrogen) atoms. The van der Waals surface area contributed by atoms with Gasteiger partial charge in [0.25, 0.3) is 5.56 Å². The Morgan fingerprint density at radius 2 is 1.88 bits per heavy atom. The van der Waals surface area contributed by atoms with Gasteiger partial charge in [0.15, 0.2) is 5.16 Å². The van der Waals surface area contributed by atoms with Gasteiger partial charge in [-0.2, -0.15) is 4.98 Å². The van der Waals surface area contributed by atoms with Crippen LogP contribution in [0, 0.1) is 6.92 Å². The molecule has 128 valence electrons. The highest BCUT2D eigenvalue weighted by Gasteiger charge is 2.17. The first-order valence-electron chi connectivity index (χ1n) is 7.78. The lowest BCUT2D eigenvalue weighted by atomic mass is 10.3. The third kappa shape index (κ3) is 3.79. The zero-order valence-electron chi connectivity index (χ0n) is 14.0. The molecule has 0 bridgehead atoms. The van der Waals surface area contributed by atoms with Gasteiger partial charge in [-0.05, 0) is 32.9 Å². The number of aromatic nitrogens is 2. The van der Waals surface area contributed by atoms with Crippen molar-refractivity contribution in [3.8, 4) is 11.6 Å². The van der Waals surface area contributed by atoms with Crippen molar-refractivity contribution in [3.63, 3.8) is 0 Å². The monoisotopic (exact) mass is 347 g/mol. The Morgan fingerprint density at radius 1 is 1.25 bits per heavy atom. The van der Waals surface area contributed by atoms with Crippen molar-refractivity contribution in [2.45, 2.75) is 25.9 Å². The first kappa shape index (κ1) is 18.1. The number of carbonyl (C=O) groups excluding carboxylic acids is 1. The molecule has 1 amide bonds. The summed E-state index contributed by atoms with van der Waals surface area (Å²) in [6, 6.07) is 9.07. The quantitative estimate of drug-likeness (QED) is 0.640. The van der Waals surface area contributed by atoms with Crippen LogP contribution in [0.15, 0.2) is 40.3 Å². The molecule has 7 heteroatoms. The second-order valence-corrected chi connectivity index (χ2v) is 6.12. The maximum absolute atomic E-state index is 12.6. The van der Waals surface area contributed by atoms with E-state index in [-0.39, 0.29) is 28.7 Å². The van der Waals surface area contributed by atoms with Crippen LogP contribution in [0.3, 0.4) is 0 Å². The van der Waals surface area contributed by atoms with Gasteiger partial charge in [-0.3, -0.25) is 14.2 Å². The van der Waals surface area contributed by atoms with E-state index < -0.39 is 0 Å². The maximum Gasteiger partial charge on any atom is 0.265 e. The molecule has 0 unspecified atom stereocenters. The van der Waals surface area contributed by atoms with Crippen LogP contribution in [0.5, 0.6) is 5.88 Å². The summed E-state index contributed by atoms with van der Waals surface area (Å²) in [5, 5.41) is 10.2. The van der Waals surface area contributed by atoms with E-state index in [1.807, 2.05) is 32.0 Å². The number of carbonyl (C=O) groups is 1. The number of thioether (sulfide) groups is 1. The molecule has 0 saturated heterocycles. The second kappa shape index (κ2) is 8.01. The van der Waals surface area contributed by atoms with Gasteiger partial charge in [0.1, 0.15) is 0 Å². The van der Waals surface area contributed by atoms with Gasteiger partial charge in [0.2, 0.25) is 11.8 Å². The van der Waals surface area contributed by atoms with Gasteiger partial charge in [-0.25, -0.2) is 0 Å². The summed E-state index contributed by atoms with van der Waals surface area (Å²) >= 11 is 1.15. The minimum absolute atomic E-state index is 0.0288. The fourth-order valence-electron chi connectivity index (χ4n) is 2.27. The van der Waals surface area contributed by atoms with Crippen LogP contribution in [0.1, 0.15) is 19.4 Å². The van der Waals surface area contributed by atoms with E-state index in [1.54, 1.807) is 17.0 Å². The molecule has 2 aromatic rings. The highest BCUT2D eigenvalue weighted by molar-refractivity contribution is 7.99. The fraction of sp³-hybridized carbons (Fsp3) is 0.353. The number of benzene rings is 1. The number of hydrogen-bond donors (Lipinski definition) is 1. The Bertz CT molecular complexity index is 771. The van der Waals surface area contributed by atoms with Gasteiger partial charge in [0, 0.05) is 13.1 Å². The molecule has 1 N–H and O–H groups in total. The van der Waals surface area contributed by atoms with Crippen LogP contribution in [-0.4, -0.2) is 44.3 Å². The molecule has 0 radical (unpaired) electrons. The zero-order valence-corrected chi connectivity index (χ0v) is 14.8. The first-order chi connectivity index (χ1) is 11.5. The molecule has 1 heterocycles. The lowest BCUT2D eigenvalue weighted by molar-refractivity contribution is -0.127. The van der Waals surface area contributed by atoms with Gasteiger partial charge < -0.3 is 10.0 Å². The molecule has 0 spiro atoms. The predicted octanol–water partition coefficient (Wildman–Crippen LogP) is 2.21. The molecule has 6 nitrogen and oxygen atoms in total. The highest BCUT2D eigenvalue weighted by Crippen LogP contribution is 2.22. The molecule has 1 aromatic heterocycles. The van der Waals surface area contributed by atoms with Crippen molar-refractivity contribution in [1.29, 1.82) is 0 Å². The topological polar surface area (TPSA) is 75.4 Å². The van der Waals surface area contributed by atoms with Gasteiger partial charge in [-0.15, -0.1) is 0 Å². The van der Waals surface area contributed by atoms with Crippen LogP contribution in [0.4, 0.5) is 0 Å². The summed E-state index contributed by atoms with van der Waals surface area (Å²) in [6.07, 6.45) is 0. The fourth-order valence-corrected chi connectivity index (χ4v) is 3.17. The van der Waals surface area contributed by atoms with E-state index in [0.717, 1.165) is 11.8 Å². The van der Waals surface area contributed by atoms with Gasteiger partial charge in [-0.1, -0.05) is 30.0 Å². The van der Waals surface area contributed by atoms with E-state index in [9.17, 15) is 14.7 Å². The Labute approximate surface area is 145 Å². The lowest BCUT2D eigenvalue weighted by Crippen LogP contribution is -2.32. The maximum atomic E-state index is 12.6. The Balaban J connectivity index is 2.39. The summed E-state index contributed by atoms with van der Waals surface area (Å²) in [5.74, 6) is -0.174. The number of hydrogen-bond acceptors (Lipinski definition) is 5. The van der Waals surface area contributed by atoms with E-state index in [2.05, 4.69) is 4.98 Å². The van der Waals surface area contributed by atoms with Crippen molar-refractivity contribution >= 4 is 17.7 Å². The lowest BCUT2D eigenvalue weighted by Gasteiger charge is -2.19. The van der Waals surface area contributed by atoms with Crippen LogP contribution < -0.4 is 5.56 Å². The second-order valence-electron chi connectivity index (χ2n) is 5.17. The average molecular weight is 347 g/mol. The number of rotatable bonds is 6. The first-order valence-corrected chi connectivity index (χ1v) is 8.76. The Morgan fingerprint density at radius 3 is 2.46 bits per heavy atom. The third-order valence-corrected chi connectivity index (χ3v) is 4.63. The minimum Gasteiger partial charge on any atom is -0.493 e. The number of nitrogens with zero attached hydrogens (tertiary/aromatic N) is 3. The van der Waals surface area contributed by atoms with Crippen molar-refractivity contribution in [2.75, 3.05) is 18.8 Å². The number of para-hydroxylation sites is 1. The molecular weight excluding hydrogens is 326 g/mol. The van der Waals surface area contributed by atoms with Crippen LogP contribution >= 0.6 is 11.8 Å². The van der Waals surface area contributed by atoms with Crippen LogP contribution in [0.25, 0.3) is 5.69 Å². The van der Waals surface area contributed by atoms with E-state index in [0.29, 0.717) is 23.9 Å². The molecule has 1 aromatic carbocycles. The molecule has 0 aliphatic heterocycles. The number of aromatic hydroxyl groups is 1. The molecule has 0 fully saturated rings. The van der Waals surface area contributed by atoms with Crippen LogP contribution in [-0.2, 0) is 4.79 Å². The summed E-state index contributed by atoms with van der Waals surface area (Å²) in [4.78, 5) is 30.6. The summed E-state index contributed by atoms with van der Waals surface area (Å²) in [7, 11) is 0. The van der Waals surface area contributed by atoms with Crippen molar-refractivity contribution in [1.82, 2.24) is 14.5 Å². The third-order valence-electron chi connectivity index (χ3n) is 3.71. The van der Waals surface area contributed by atoms with Crippen molar-refractivity contribution < 1.29 is 9.90 Å². The smallest absolute Gasteiger partial charge is 0.265 e. The van der Waals surface area contributed by atoms with Gasteiger partial charge >= 0.3 is 0 Å². The zero-order chi connectivity index (χ0) is 17.7. The van der Waals surface area contributed by atoms with Crippen LogP contribution in [0.2, 0.25) is 0 Å².